The fourth-order valence-electron chi connectivity index (χ4n) is 1.74. The van der Waals surface area contributed by atoms with Gasteiger partial charge in [-0.25, -0.2) is 9.97 Å². The number of pyridine rings is 1. The molecule has 0 saturated heterocycles. The van der Waals surface area contributed by atoms with E-state index in [1.807, 2.05) is 36.8 Å². The molecular formula is C13H12N4S. The Morgan fingerprint density at radius 1 is 1.06 bits per heavy atom. The minimum Gasteiger partial charge on any atom is -0.373 e. The summed E-state index contributed by atoms with van der Waals surface area (Å²) < 4.78 is 1.18. The minimum absolute atomic E-state index is 0.846. The molecule has 0 atom stereocenters. The quantitative estimate of drug-likeness (QED) is 0.753. The summed E-state index contributed by atoms with van der Waals surface area (Å²) >= 11 is 1.64. The fourth-order valence-corrected chi connectivity index (χ4v) is 2.46. The maximum atomic E-state index is 4.26. The highest BCUT2D eigenvalue weighted by atomic mass is 32.1. The summed E-state index contributed by atoms with van der Waals surface area (Å²) in [5.41, 5.74) is 4.97. The highest BCUT2D eigenvalue weighted by Gasteiger charge is 2.00. The van der Waals surface area contributed by atoms with Crippen LogP contribution in [0.2, 0.25) is 0 Å². The maximum Gasteiger partial charge on any atom is 0.127 e. The smallest absolute Gasteiger partial charge is 0.127 e. The lowest BCUT2D eigenvalue weighted by Crippen LogP contribution is -1.95. The second-order valence-corrected chi connectivity index (χ2v) is 4.73. The maximum absolute atomic E-state index is 4.26. The average molecular weight is 256 g/mol. The number of benzene rings is 1. The molecule has 3 aromatic rings. The molecule has 0 aliphatic rings. The van der Waals surface area contributed by atoms with Gasteiger partial charge in [0.2, 0.25) is 0 Å². The topological polar surface area (TPSA) is 49.8 Å². The summed E-state index contributed by atoms with van der Waals surface area (Å²) in [6, 6.07) is 10.1. The van der Waals surface area contributed by atoms with Crippen LogP contribution in [0.4, 0.5) is 17.2 Å². The first kappa shape index (κ1) is 11.0. The number of fused-ring (bicyclic) bond motifs is 1. The molecule has 0 radical (unpaired) electrons. The normalized spacial score (nSPS) is 10.5. The fraction of sp³-hybridized carbons (Fsp3) is 0.0769. The number of hydrogen-bond donors (Lipinski definition) is 2. The van der Waals surface area contributed by atoms with E-state index in [1.165, 1.54) is 4.70 Å². The Morgan fingerprint density at radius 3 is 2.83 bits per heavy atom. The summed E-state index contributed by atoms with van der Waals surface area (Å²) in [4.78, 5) is 8.45. The standard InChI is InChI=1S/C13H12N4S/c1-14-13-7-10(4-5-15-13)17-9-2-3-11-12(6-9)18-8-16-11/h2-8H,1H3,(H2,14,15,17). The van der Waals surface area contributed by atoms with Gasteiger partial charge in [-0.2, -0.15) is 0 Å². The van der Waals surface area contributed by atoms with Crippen LogP contribution in [0.3, 0.4) is 0 Å². The molecule has 3 rings (SSSR count). The Labute approximate surface area is 109 Å². The minimum atomic E-state index is 0.846. The number of hydrogen-bond acceptors (Lipinski definition) is 5. The lowest BCUT2D eigenvalue weighted by Gasteiger charge is -2.07. The SMILES string of the molecule is CNc1cc(Nc2ccc3ncsc3c2)ccn1. The molecule has 4 nitrogen and oxygen atoms in total. The van der Waals surface area contributed by atoms with Crippen LogP contribution in [-0.2, 0) is 0 Å². The van der Waals surface area contributed by atoms with Crippen LogP contribution in [0.25, 0.3) is 10.2 Å². The third-order valence-corrected chi connectivity index (χ3v) is 3.43. The van der Waals surface area contributed by atoms with Crippen LogP contribution < -0.4 is 10.6 Å². The zero-order valence-corrected chi connectivity index (χ0v) is 10.7. The zero-order valence-electron chi connectivity index (χ0n) is 9.84. The molecule has 0 saturated carbocycles. The van der Waals surface area contributed by atoms with Gasteiger partial charge in [-0.3, -0.25) is 0 Å². The first-order chi connectivity index (χ1) is 8.85. The second-order valence-electron chi connectivity index (χ2n) is 3.84. The van der Waals surface area contributed by atoms with Gasteiger partial charge in [0.1, 0.15) is 5.82 Å². The molecular weight excluding hydrogens is 244 g/mol. The lowest BCUT2D eigenvalue weighted by molar-refractivity contribution is 1.28. The van der Waals surface area contributed by atoms with Crippen molar-refractivity contribution in [3.8, 4) is 0 Å². The molecule has 0 spiro atoms. The van der Waals surface area contributed by atoms with Crippen molar-refractivity contribution in [1.82, 2.24) is 9.97 Å². The molecule has 5 heteroatoms. The molecule has 1 aromatic carbocycles. The van der Waals surface area contributed by atoms with Crippen molar-refractivity contribution in [2.45, 2.75) is 0 Å². The molecule has 0 fully saturated rings. The molecule has 0 bridgehead atoms. The van der Waals surface area contributed by atoms with Gasteiger partial charge in [-0.15, -0.1) is 11.3 Å². The molecule has 0 aliphatic heterocycles. The number of anilines is 3. The van der Waals surface area contributed by atoms with Crippen molar-refractivity contribution < 1.29 is 0 Å². The van der Waals surface area contributed by atoms with E-state index in [0.717, 1.165) is 22.7 Å². The Balaban J connectivity index is 1.90. The van der Waals surface area contributed by atoms with Crippen molar-refractivity contribution in [3.05, 3.63) is 42.0 Å². The summed E-state index contributed by atoms with van der Waals surface area (Å²) in [5, 5.41) is 6.38. The van der Waals surface area contributed by atoms with Crippen LogP contribution in [0.15, 0.2) is 42.0 Å². The van der Waals surface area contributed by atoms with Crippen molar-refractivity contribution >= 4 is 38.7 Å². The summed E-state index contributed by atoms with van der Waals surface area (Å²) in [7, 11) is 1.86. The lowest BCUT2D eigenvalue weighted by atomic mass is 10.3. The average Bonchev–Trinajstić information content (AvgIpc) is 2.86. The first-order valence-corrected chi connectivity index (χ1v) is 6.47. The van der Waals surface area contributed by atoms with Gasteiger partial charge in [0.05, 0.1) is 15.7 Å². The van der Waals surface area contributed by atoms with E-state index in [9.17, 15) is 0 Å². The molecule has 0 unspecified atom stereocenters. The number of thiazole rings is 1. The van der Waals surface area contributed by atoms with Gasteiger partial charge in [0, 0.05) is 30.7 Å². The van der Waals surface area contributed by atoms with E-state index < -0.39 is 0 Å². The monoisotopic (exact) mass is 256 g/mol. The molecule has 2 aromatic heterocycles. The number of nitrogens with zero attached hydrogens (tertiary/aromatic N) is 2. The van der Waals surface area contributed by atoms with Crippen molar-refractivity contribution in [1.29, 1.82) is 0 Å². The number of aromatic nitrogens is 2. The molecule has 18 heavy (non-hydrogen) atoms. The summed E-state index contributed by atoms with van der Waals surface area (Å²) in [5.74, 6) is 0.846. The van der Waals surface area contributed by atoms with E-state index in [2.05, 4.69) is 26.7 Å². The van der Waals surface area contributed by atoms with Crippen LogP contribution >= 0.6 is 11.3 Å². The second kappa shape index (κ2) is 4.62. The summed E-state index contributed by atoms with van der Waals surface area (Å²) in [6.45, 7) is 0. The molecule has 90 valence electrons. The van der Waals surface area contributed by atoms with Crippen molar-refractivity contribution in [3.63, 3.8) is 0 Å². The molecule has 2 N–H and O–H groups in total. The Hall–Kier alpha value is -2.14. The highest BCUT2D eigenvalue weighted by Crippen LogP contribution is 2.24. The van der Waals surface area contributed by atoms with E-state index in [0.29, 0.717) is 0 Å². The largest absolute Gasteiger partial charge is 0.373 e. The highest BCUT2D eigenvalue weighted by molar-refractivity contribution is 7.16. The molecule has 0 aliphatic carbocycles. The Morgan fingerprint density at radius 2 is 1.94 bits per heavy atom. The van der Waals surface area contributed by atoms with E-state index in [1.54, 1.807) is 17.5 Å². The number of nitrogens with one attached hydrogen (secondary N) is 2. The van der Waals surface area contributed by atoms with Gasteiger partial charge in [-0.05, 0) is 24.3 Å². The van der Waals surface area contributed by atoms with Crippen molar-refractivity contribution in [2.75, 3.05) is 17.7 Å². The van der Waals surface area contributed by atoms with Crippen LogP contribution in [0, 0.1) is 0 Å². The van der Waals surface area contributed by atoms with E-state index >= 15 is 0 Å². The van der Waals surface area contributed by atoms with Gasteiger partial charge >= 0.3 is 0 Å². The molecule has 2 heterocycles. The first-order valence-electron chi connectivity index (χ1n) is 5.59. The summed E-state index contributed by atoms with van der Waals surface area (Å²) in [6.07, 6.45) is 1.78. The van der Waals surface area contributed by atoms with Gasteiger partial charge in [0.25, 0.3) is 0 Å². The van der Waals surface area contributed by atoms with E-state index in [4.69, 9.17) is 0 Å². The Kier molecular flexibility index (Phi) is 2.82. The van der Waals surface area contributed by atoms with Gasteiger partial charge in [-0.1, -0.05) is 0 Å². The van der Waals surface area contributed by atoms with E-state index in [-0.39, 0.29) is 0 Å². The predicted octanol–water partition coefficient (Wildman–Crippen LogP) is 3.48. The number of rotatable bonds is 3. The van der Waals surface area contributed by atoms with Crippen LogP contribution in [0.5, 0.6) is 0 Å². The van der Waals surface area contributed by atoms with Crippen molar-refractivity contribution in [2.24, 2.45) is 0 Å². The molecule has 0 amide bonds. The predicted molar refractivity (Wildman–Crippen MR) is 76.7 cm³/mol. The van der Waals surface area contributed by atoms with Gasteiger partial charge in [0.15, 0.2) is 0 Å². The van der Waals surface area contributed by atoms with Crippen LogP contribution in [0.1, 0.15) is 0 Å². The third-order valence-electron chi connectivity index (χ3n) is 2.64. The van der Waals surface area contributed by atoms with Crippen LogP contribution in [-0.4, -0.2) is 17.0 Å². The zero-order chi connectivity index (χ0) is 12.4. The van der Waals surface area contributed by atoms with Gasteiger partial charge < -0.3 is 10.6 Å². The Bertz CT molecular complexity index is 677. The third kappa shape index (κ3) is 2.12.